The fourth-order valence-corrected chi connectivity index (χ4v) is 3.81. The van der Waals surface area contributed by atoms with E-state index in [1.54, 1.807) is 0 Å². The molecule has 0 aliphatic carbocycles. The van der Waals surface area contributed by atoms with Gasteiger partial charge in [0.2, 0.25) is 0 Å². The molecule has 1 aliphatic heterocycles. The van der Waals surface area contributed by atoms with Crippen LogP contribution in [0.3, 0.4) is 0 Å². The third-order valence-corrected chi connectivity index (χ3v) is 4.92. The lowest BCUT2D eigenvalue weighted by molar-refractivity contribution is 0.277. The summed E-state index contributed by atoms with van der Waals surface area (Å²) in [7, 11) is 0. The van der Waals surface area contributed by atoms with E-state index in [2.05, 4.69) is 67.0 Å². The zero-order valence-electron chi connectivity index (χ0n) is 13.1. The van der Waals surface area contributed by atoms with E-state index < -0.39 is 0 Å². The molecule has 0 radical (unpaired) electrons. The highest BCUT2D eigenvalue weighted by Gasteiger charge is 2.17. The smallest absolute Gasteiger partial charge is 0.0237 e. The Balaban J connectivity index is 1.93. The molecule has 1 aliphatic rings. The second kappa shape index (κ2) is 8.06. The highest BCUT2D eigenvalue weighted by molar-refractivity contribution is 7.99. The summed E-state index contributed by atoms with van der Waals surface area (Å²) >= 11 is 2.10. The minimum atomic E-state index is 0.571. The lowest BCUT2D eigenvalue weighted by atomic mass is 10.0. The maximum Gasteiger partial charge on any atom is 0.0237 e. The van der Waals surface area contributed by atoms with Crippen molar-refractivity contribution in [1.29, 1.82) is 0 Å². The first kappa shape index (κ1) is 15.9. The SMILES string of the molecule is CC(C)NCCc1ccccc1CN1CCSC(C)C1. The summed E-state index contributed by atoms with van der Waals surface area (Å²) in [5.74, 6) is 1.28. The molecule has 1 heterocycles. The summed E-state index contributed by atoms with van der Waals surface area (Å²) in [5, 5.41) is 4.29. The Morgan fingerprint density at radius 1 is 1.30 bits per heavy atom. The van der Waals surface area contributed by atoms with Crippen LogP contribution in [-0.2, 0) is 13.0 Å². The zero-order valence-corrected chi connectivity index (χ0v) is 13.9. The van der Waals surface area contributed by atoms with Gasteiger partial charge in [-0.15, -0.1) is 0 Å². The maximum absolute atomic E-state index is 3.51. The number of nitrogens with zero attached hydrogens (tertiary/aromatic N) is 1. The average molecular weight is 292 g/mol. The quantitative estimate of drug-likeness (QED) is 0.867. The number of rotatable bonds is 6. The number of nitrogens with one attached hydrogen (secondary N) is 1. The second-order valence-electron chi connectivity index (χ2n) is 6.04. The van der Waals surface area contributed by atoms with Gasteiger partial charge in [-0.1, -0.05) is 45.0 Å². The average Bonchev–Trinajstić information content (AvgIpc) is 2.40. The van der Waals surface area contributed by atoms with Crippen molar-refractivity contribution in [3.63, 3.8) is 0 Å². The Morgan fingerprint density at radius 2 is 2.05 bits per heavy atom. The molecule has 0 aromatic heterocycles. The molecule has 2 rings (SSSR count). The van der Waals surface area contributed by atoms with Gasteiger partial charge in [0.15, 0.2) is 0 Å². The molecular formula is C17H28N2S. The molecule has 1 fully saturated rings. The Morgan fingerprint density at radius 3 is 2.75 bits per heavy atom. The van der Waals surface area contributed by atoms with Gasteiger partial charge in [-0.25, -0.2) is 0 Å². The van der Waals surface area contributed by atoms with Crippen LogP contribution in [0.2, 0.25) is 0 Å². The molecule has 1 aromatic carbocycles. The van der Waals surface area contributed by atoms with Crippen molar-refractivity contribution < 1.29 is 0 Å². The minimum Gasteiger partial charge on any atom is -0.314 e. The topological polar surface area (TPSA) is 15.3 Å². The van der Waals surface area contributed by atoms with Crippen LogP contribution in [0.4, 0.5) is 0 Å². The second-order valence-corrected chi connectivity index (χ2v) is 7.59. The first-order valence-electron chi connectivity index (χ1n) is 7.79. The third kappa shape index (κ3) is 5.12. The highest BCUT2D eigenvalue weighted by Crippen LogP contribution is 2.20. The van der Waals surface area contributed by atoms with Crippen molar-refractivity contribution in [2.75, 3.05) is 25.4 Å². The molecule has 1 saturated heterocycles. The van der Waals surface area contributed by atoms with Crippen molar-refractivity contribution in [3.05, 3.63) is 35.4 Å². The number of hydrogen-bond acceptors (Lipinski definition) is 3. The number of hydrogen-bond donors (Lipinski definition) is 1. The van der Waals surface area contributed by atoms with Crippen molar-refractivity contribution in [2.45, 2.75) is 45.0 Å². The van der Waals surface area contributed by atoms with Crippen LogP contribution < -0.4 is 5.32 Å². The van der Waals surface area contributed by atoms with E-state index in [0.717, 1.165) is 24.8 Å². The van der Waals surface area contributed by atoms with E-state index in [9.17, 15) is 0 Å². The molecule has 112 valence electrons. The summed E-state index contributed by atoms with van der Waals surface area (Å²) in [6.07, 6.45) is 1.13. The number of thioether (sulfide) groups is 1. The highest BCUT2D eigenvalue weighted by atomic mass is 32.2. The van der Waals surface area contributed by atoms with Crippen molar-refractivity contribution in [3.8, 4) is 0 Å². The van der Waals surface area contributed by atoms with Gasteiger partial charge in [0, 0.05) is 36.7 Å². The number of benzene rings is 1. The van der Waals surface area contributed by atoms with Gasteiger partial charge in [0.05, 0.1) is 0 Å². The molecule has 0 amide bonds. The molecule has 0 spiro atoms. The molecule has 0 bridgehead atoms. The first-order chi connectivity index (χ1) is 9.65. The lowest BCUT2D eigenvalue weighted by Crippen LogP contribution is -2.36. The predicted octanol–water partition coefficient (Wildman–Crippen LogP) is 3.16. The van der Waals surface area contributed by atoms with Crippen LogP contribution in [-0.4, -0.2) is 41.6 Å². The molecule has 2 nitrogen and oxygen atoms in total. The fourth-order valence-electron chi connectivity index (χ4n) is 2.73. The van der Waals surface area contributed by atoms with Gasteiger partial charge in [-0.05, 0) is 24.1 Å². The first-order valence-corrected chi connectivity index (χ1v) is 8.84. The van der Waals surface area contributed by atoms with Crippen LogP contribution in [0.25, 0.3) is 0 Å². The normalized spacial score (nSPS) is 20.5. The van der Waals surface area contributed by atoms with Gasteiger partial charge in [-0.3, -0.25) is 4.90 Å². The van der Waals surface area contributed by atoms with Crippen molar-refractivity contribution in [2.24, 2.45) is 0 Å². The molecule has 1 N–H and O–H groups in total. The Kier molecular flexibility index (Phi) is 6.40. The van der Waals surface area contributed by atoms with Gasteiger partial charge in [-0.2, -0.15) is 11.8 Å². The van der Waals surface area contributed by atoms with Crippen LogP contribution in [0.1, 0.15) is 31.9 Å². The van der Waals surface area contributed by atoms with Crippen LogP contribution in [0.5, 0.6) is 0 Å². The standard InChI is InChI=1S/C17H28N2S/c1-14(2)18-9-8-16-6-4-5-7-17(16)13-19-10-11-20-15(3)12-19/h4-7,14-15,18H,8-13H2,1-3H3. The molecule has 3 heteroatoms. The van der Waals surface area contributed by atoms with Crippen molar-refractivity contribution >= 4 is 11.8 Å². The predicted molar refractivity (Wildman–Crippen MR) is 90.5 cm³/mol. The Labute approximate surface area is 128 Å². The third-order valence-electron chi connectivity index (χ3n) is 3.78. The summed E-state index contributed by atoms with van der Waals surface area (Å²) in [6.45, 7) is 11.4. The molecule has 1 aromatic rings. The van der Waals surface area contributed by atoms with Crippen molar-refractivity contribution in [1.82, 2.24) is 10.2 Å². The van der Waals surface area contributed by atoms with Crippen LogP contribution >= 0.6 is 11.8 Å². The van der Waals surface area contributed by atoms with E-state index in [4.69, 9.17) is 0 Å². The van der Waals surface area contributed by atoms with E-state index in [-0.39, 0.29) is 0 Å². The summed E-state index contributed by atoms with van der Waals surface area (Å²) < 4.78 is 0. The van der Waals surface area contributed by atoms with E-state index in [1.807, 2.05) is 0 Å². The Hall–Kier alpha value is -0.510. The molecule has 1 unspecified atom stereocenters. The zero-order chi connectivity index (χ0) is 14.4. The largest absolute Gasteiger partial charge is 0.314 e. The monoisotopic (exact) mass is 292 g/mol. The Bertz CT molecular complexity index is 406. The molecule has 20 heavy (non-hydrogen) atoms. The van der Waals surface area contributed by atoms with Crippen LogP contribution in [0.15, 0.2) is 24.3 Å². The van der Waals surface area contributed by atoms with Gasteiger partial charge in [0.1, 0.15) is 0 Å². The van der Waals surface area contributed by atoms with Gasteiger partial charge in [0.25, 0.3) is 0 Å². The van der Waals surface area contributed by atoms with Crippen LogP contribution in [0, 0.1) is 0 Å². The summed E-state index contributed by atoms with van der Waals surface area (Å²) in [6, 6.07) is 9.51. The minimum absolute atomic E-state index is 0.571. The van der Waals surface area contributed by atoms with E-state index >= 15 is 0 Å². The van der Waals surface area contributed by atoms with E-state index in [0.29, 0.717) is 6.04 Å². The summed E-state index contributed by atoms with van der Waals surface area (Å²) in [5.41, 5.74) is 3.02. The van der Waals surface area contributed by atoms with Gasteiger partial charge < -0.3 is 5.32 Å². The fraction of sp³-hybridized carbons (Fsp3) is 0.647. The molecule has 0 saturated carbocycles. The summed E-state index contributed by atoms with van der Waals surface area (Å²) in [4.78, 5) is 2.61. The van der Waals surface area contributed by atoms with E-state index in [1.165, 1.54) is 30.0 Å². The maximum atomic E-state index is 3.51. The van der Waals surface area contributed by atoms with Gasteiger partial charge >= 0.3 is 0 Å². The molecular weight excluding hydrogens is 264 g/mol. The molecule has 1 atom stereocenters. The lowest BCUT2D eigenvalue weighted by Gasteiger charge is -2.31.